The monoisotopic (exact) mass is 251 g/mol. The second-order valence-corrected chi connectivity index (χ2v) is 5.61. The number of aromatic amines is 1. The number of fused-ring (bicyclic) bond motifs is 1. The van der Waals surface area contributed by atoms with Crippen molar-refractivity contribution in [1.29, 1.82) is 0 Å². The van der Waals surface area contributed by atoms with Crippen molar-refractivity contribution in [1.82, 2.24) is 19.9 Å². The number of nitrogens with one attached hydrogen (secondary N) is 2. The van der Waals surface area contributed by atoms with E-state index in [1.54, 1.807) is 18.1 Å². The summed E-state index contributed by atoms with van der Waals surface area (Å²) < 4.78 is 0. The van der Waals surface area contributed by atoms with Crippen molar-refractivity contribution in [3.8, 4) is 0 Å². The fourth-order valence-electron chi connectivity index (χ4n) is 1.43. The lowest BCUT2D eigenvalue weighted by Gasteiger charge is -2.08. The minimum atomic E-state index is 0.482. The Morgan fingerprint density at radius 2 is 2.24 bits per heavy atom. The van der Waals surface area contributed by atoms with Crippen LogP contribution in [0.4, 0.5) is 5.95 Å². The summed E-state index contributed by atoms with van der Waals surface area (Å²) in [7, 11) is 0. The molecule has 2 aromatic rings. The number of aromatic nitrogens is 4. The third-order valence-corrected chi connectivity index (χ3v) is 3.12. The summed E-state index contributed by atoms with van der Waals surface area (Å²) in [6, 6.07) is 0. The molecule has 0 saturated heterocycles. The van der Waals surface area contributed by atoms with Crippen molar-refractivity contribution in [2.75, 3.05) is 11.9 Å². The topological polar surface area (TPSA) is 66.5 Å². The zero-order valence-corrected chi connectivity index (χ0v) is 11.1. The predicted molar refractivity (Wildman–Crippen MR) is 71.5 cm³/mol. The molecular formula is C11H17N5S. The molecule has 0 radical (unpaired) electrons. The maximum absolute atomic E-state index is 4.52. The van der Waals surface area contributed by atoms with Gasteiger partial charge in [0.05, 0.1) is 6.33 Å². The Morgan fingerprint density at radius 1 is 1.41 bits per heavy atom. The fraction of sp³-hybridized carbons (Fsp3) is 0.545. The molecule has 2 N–H and O–H groups in total. The maximum Gasteiger partial charge on any atom is 0.225 e. The second kappa shape index (κ2) is 5.35. The average molecular weight is 251 g/mol. The number of nitrogens with zero attached hydrogens (tertiary/aromatic N) is 3. The molecule has 0 bridgehead atoms. The van der Waals surface area contributed by atoms with E-state index in [4.69, 9.17) is 0 Å². The van der Waals surface area contributed by atoms with Crippen LogP contribution in [-0.4, -0.2) is 31.7 Å². The zero-order valence-electron chi connectivity index (χ0n) is 10.3. The van der Waals surface area contributed by atoms with Gasteiger partial charge in [0.1, 0.15) is 10.5 Å². The SMILES string of the molecule is CCCNc1nc(SC(C)C)c2[nH]cnc2n1. The van der Waals surface area contributed by atoms with E-state index in [1.165, 1.54) is 0 Å². The first-order valence-corrected chi connectivity index (χ1v) is 6.70. The maximum atomic E-state index is 4.52. The van der Waals surface area contributed by atoms with Crippen LogP contribution in [0, 0.1) is 0 Å². The van der Waals surface area contributed by atoms with Gasteiger partial charge in [0.2, 0.25) is 5.95 Å². The number of anilines is 1. The smallest absolute Gasteiger partial charge is 0.225 e. The van der Waals surface area contributed by atoms with Crippen LogP contribution in [0.15, 0.2) is 11.4 Å². The molecular weight excluding hydrogens is 234 g/mol. The zero-order chi connectivity index (χ0) is 12.3. The molecule has 0 amide bonds. The Bertz CT molecular complexity index is 494. The van der Waals surface area contributed by atoms with Crippen molar-refractivity contribution in [3.05, 3.63) is 6.33 Å². The van der Waals surface area contributed by atoms with Gasteiger partial charge >= 0.3 is 0 Å². The number of hydrogen-bond acceptors (Lipinski definition) is 5. The quantitative estimate of drug-likeness (QED) is 0.631. The van der Waals surface area contributed by atoms with E-state index in [1.807, 2.05) is 0 Å². The largest absolute Gasteiger partial charge is 0.354 e. The van der Waals surface area contributed by atoms with E-state index in [9.17, 15) is 0 Å². The molecule has 5 nitrogen and oxygen atoms in total. The third kappa shape index (κ3) is 2.88. The molecule has 0 aliphatic rings. The number of thioether (sulfide) groups is 1. The summed E-state index contributed by atoms with van der Waals surface area (Å²) in [4.78, 5) is 16.2. The van der Waals surface area contributed by atoms with Crippen molar-refractivity contribution in [3.63, 3.8) is 0 Å². The standard InChI is InChI=1S/C11H17N5S/c1-4-5-12-11-15-9-8(13-6-14-9)10(16-11)17-7(2)3/h6-7H,4-5H2,1-3H3,(H2,12,13,14,15,16). The lowest BCUT2D eigenvalue weighted by molar-refractivity contribution is 0.942. The van der Waals surface area contributed by atoms with Crippen molar-refractivity contribution in [2.24, 2.45) is 0 Å². The Labute approximate surface area is 105 Å². The minimum absolute atomic E-state index is 0.482. The molecule has 2 aromatic heterocycles. The Kier molecular flexibility index (Phi) is 3.83. The number of H-pyrrole nitrogens is 1. The van der Waals surface area contributed by atoms with Crippen LogP contribution in [0.2, 0.25) is 0 Å². The highest BCUT2D eigenvalue weighted by molar-refractivity contribution is 8.00. The second-order valence-electron chi connectivity index (χ2n) is 4.05. The van der Waals surface area contributed by atoms with E-state index >= 15 is 0 Å². The highest BCUT2D eigenvalue weighted by atomic mass is 32.2. The molecule has 0 aromatic carbocycles. The van der Waals surface area contributed by atoms with Gasteiger partial charge in [-0.15, -0.1) is 11.8 Å². The van der Waals surface area contributed by atoms with Crippen molar-refractivity contribution < 1.29 is 0 Å². The average Bonchev–Trinajstić information content (AvgIpc) is 2.73. The summed E-state index contributed by atoms with van der Waals surface area (Å²) in [5, 5.41) is 4.64. The van der Waals surface area contributed by atoms with E-state index in [-0.39, 0.29) is 0 Å². The Balaban J connectivity index is 2.36. The highest BCUT2D eigenvalue weighted by Gasteiger charge is 2.11. The lowest BCUT2D eigenvalue weighted by Crippen LogP contribution is -2.05. The van der Waals surface area contributed by atoms with Gasteiger partial charge in [-0.3, -0.25) is 0 Å². The molecule has 0 saturated carbocycles. The van der Waals surface area contributed by atoms with E-state index in [2.05, 4.69) is 46.0 Å². The van der Waals surface area contributed by atoms with Crippen molar-refractivity contribution in [2.45, 2.75) is 37.5 Å². The molecule has 92 valence electrons. The number of hydrogen-bond donors (Lipinski definition) is 2. The first-order valence-electron chi connectivity index (χ1n) is 5.82. The van der Waals surface area contributed by atoms with Crippen LogP contribution in [0.25, 0.3) is 11.2 Å². The van der Waals surface area contributed by atoms with Gasteiger partial charge in [-0.25, -0.2) is 9.97 Å². The Hall–Kier alpha value is -1.30. The minimum Gasteiger partial charge on any atom is -0.354 e. The van der Waals surface area contributed by atoms with Crippen LogP contribution in [0.3, 0.4) is 0 Å². The summed E-state index contributed by atoms with van der Waals surface area (Å²) in [5.41, 5.74) is 1.65. The van der Waals surface area contributed by atoms with Crippen molar-refractivity contribution >= 4 is 28.9 Å². The molecule has 6 heteroatoms. The van der Waals surface area contributed by atoms with Crippen LogP contribution in [0.1, 0.15) is 27.2 Å². The van der Waals surface area contributed by atoms with Gasteiger partial charge in [-0.05, 0) is 6.42 Å². The van der Waals surface area contributed by atoms with Crippen LogP contribution < -0.4 is 5.32 Å². The third-order valence-electron chi connectivity index (χ3n) is 2.13. The molecule has 2 heterocycles. The summed E-state index contributed by atoms with van der Waals surface area (Å²) in [6.07, 6.45) is 2.71. The van der Waals surface area contributed by atoms with E-state index in [0.717, 1.165) is 29.2 Å². The summed E-state index contributed by atoms with van der Waals surface area (Å²) in [5.74, 6) is 0.662. The lowest BCUT2D eigenvalue weighted by atomic mass is 10.5. The predicted octanol–water partition coefficient (Wildman–Crippen LogP) is 2.68. The normalized spacial score (nSPS) is 11.3. The van der Waals surface area contributed by atoms with Gasteiger partial charge in [-0.1, -0.05) is 20.8 Å². The molecule has 0 aliphatic carbocycles. The number of imidazole rings is 1. The van der Waals surface area contributed by atoms with E-state index in [0.29, 0.717) is 11.2 Å². The van der Waals surface area contributed by atoms with Crippen LogP contribution in [0.5, 0.6) is 0 Å². The molecule has 0 atom stereocenters. The van der Waals surface area contributed by atoms with E-state index < -0.39 is 0 Å². The highest BCUT2D eigenvalue weighted by Crippen LogP contribution is 2.27. The molecule has 2 rings (SSSR count). The number of rotatable bonds is 5. The van der Waals surface area contributed by atoms with Gasteiger partial charge < -0.3 is 10.3 Å². The first kappa shape index (κ1) is 12.2. The molecule has 0 unspecified atom stereocenters. The van der Waals surface area contributed by atoms with Crippen LogP contribution in [-0.2, 0) is 0 Å². The Morgan fingerprint density at radius 3 is 2.94 bits per heavy atom. The molecule has 17 heavy (non-hydrogen) atoms. The summed E-state index contributed by atoms with van der Waals surface area (Å²) >= 11 is 1.72. The van der Waals surface area contributed by atoms with Gasteiger partial charge in [0.15, 0.2) is 5.65 Å². The van der Waals surface area contributed by atoms with Gasteiger partial charge in [0, 0.05) is 11.8 Å². The first-order chi connectivity index (χ1) is 8.20. The van der Waals surface area contributed by atoms with Gasteiger partial charge in [0.25, 0.3) is 0 Å². The van der Waals surface area contributed by atoms with Gasteiger partial charge in [-0.2, -0.15) is 4.98 Å². The van der Waals surface area contributed by atoms with Crippen LogP contribution >= 0.6 is 11.8 Å². The summed E-state index contributed by atoms with van der Waals surface area (Å²) in [6.45, 7) is 7.29. The fourth-order valence-corrected chi connectivity index (χ4v) is 2.28. The molecule has 0 fully saturated rings. The molecule has 0 spiro atoms. The molecule has 0 aliphatic heterocycles.